The van der Waals surface area contributed by atoms with Crippen molar-refractivity contribution in [1.29, 1.82) is 0 Å². The molecule has 0 heterocycles. The first kappa shape index (κ1) is 14.9. The van der Waals surface area contributed by atoms with Gasteiger partial charge in [0, 0.05) is 22.8 Å². The molecule has 0 amide bonds. The first-order valence-electron chi connectivity index (χ1n) is 6.54. The highest BCUT2D eigenvalue weighted by Gasteiger charge is 2.08. The van der Waals surface area contributed by atoms with E-state index in [0.29, 0.717) is 18.9 Å². The van der Waals surface area contributed by atoms with E-state index in [4.69, 9.17) is 4.74 Å². The van der Waals surface area contributed by atoms with Gasteiger partial charge in [-0.25, -0.2) is 4.39 Å². The summed E-state index contributed by atoms with van der Waals surface area (Å²) in [5.74, 6) is 0.843. The van der Waals surface area contributed by atoms with Gasteiger partial charge in [-0.05, 0) is 25.2 Å². The lowest BCUT2D eigenvalue weighted by Gasteiger charge is -2.12. The first-order valence-corrected chi connectivity index (χ1v) is 7.52. The number of ether oxygens (including phenoxy) is 1. The Kier molecular flexibility index (Phi) is 5.89. The summed E-state index contributed by atoms with van der Waals surface area (Å²) < 4.78 is 19.4. The van der Waals surface area contributed by atoms with E-state index < -0.39 is 0 Å². The largest absolute Gasteiger partial charge is 0.489 e. The third-order valence-electron chi connectivity index (χ3n) is 2.76. The fourth-order valence-electron chi connectivity index (χ4n) is 1.86. The number of para-hydroxylation sites is 1. The fourth-order valence-corrected chi connectivity index (χ4v) is 2.62. The van der Waals surface area contributed by atoms with Crippen molar-refractivity contribution in [1.82, 2.24) is 5.32 Å². The minimum absolute atomic E-state index is 0.303. The summed E-state index contributed by atoms with van der Waals surface area (Å²) >= 11 is 1.70. The maximum atomic E-state index is 13.8. The van der Waals surface area contributed by atoms with Crippen LogP contribution in [0, 0.1) is 5.82 Å². The van der Waals surface area contributed by atoms with Crippen LogP contribution in [0.15, 0.2) is 53.4 Å². The molecule has 2 aromatic rings. The molecule has 4 heteroatoms. The summed E-state index contributed by atoms with van der Waals surface area (Å²) in [5.41, 5.74) is 0.845. The molecule has 106 valence electrons. The third kappa shape index (κ3) is 4.25. The summed E-state index contributed by atoms with van der Waals surface area (Å²) in [6, 6.07) is 15.1. The number of hydrogen-bond donors (Lipinski definition) is 1. The van der Waals surface area contributed by atoms with Crippen molar-refractivity contribution >= 4 is 11.8 Å². The molecular formula is C16H18FNOS. The van der Waals surface area contributed by atoms with Gasteiger partial charge in [0.05, 0.1) is 6.61 Å². The van der Waals surface area contributed by atoms with Crippen LogP contribution in [0.3, 0.4) is 0 Å². The van der Waals surface area contributed by atoms with Gasteiger partial charge in [0.2, 0.25) is 0 Å². The van der Waals surface area contributed by atoms with E-state index in [9.17, 15) is 4.39 Å². The maximum absolute atomic E-state index is 13.8. The van der Waals surface area contributed by atoms with E-state index in [1.807, 2.05) is 31.3 Å². The summed E-state index contributed by atoms with van der Waals surface area (Å²) in [7, 11) is 1.83. The molecule has 20 heavy (non-hydrogen) atoms. The van der Waals surface area contributed by atoms with Crippen molar-refractivity contribution in [2.75, 3.05) is 19.4 Å². The van der Waals surface area contributed by atoms with Crippen LogP contribution in [0.25, 0.3) is 0 Å². The first-order chi connectivity index (χ1) is 9.81. The predicted octanol–water partition coefficient (Wildman–Crippen LogP) is 3.72. The van der Waals surface area contributed by atoms with Crippen molar-refractivity contribution < 1.29 is 9.13 Å². The SMILES string of the molecule is CNCc1cccc(F)c1OCCSc1ccccc1. The van der Waals surface area contributed by atoms with Crippen LogP contribution >= 0.6 is 11.8 Å². The van der Waals surface area contributed by atoms with Gasteiger partial charge in [-0.3, -0.25) is 0 Å². The Morgan fingerprint density at radius 1 is 1.10 bits per heavy atom. The van der Waals surface area contributed by atoms with Gasteiger partial charge < -0.3 is 10.1 Å². The van der Waals surface area contributed by atoms with Gasteiger partial charge in [-0.1, -0.05) is 30.3 Å². The number of halogens is 1. The minimum Gasteiger partial charge on any atom is -0.489 e. The molecule has 0 aliphatic heterocycles. The Balaban J connectivity index is 1.87. The van der Waals surface area contributed by atoms with Gasteiger partial charge in [0.25, 0.3) is 0 Å². The Morgan fingerprint density at radius 3 is 2.65 bits per heavy atom. The van der Waals surface area contributed by atoms with Crippen LogP contribution in [0.5, 0.6) is 5.75 Å². The molecule has 0 unspecified atom stereocenters. The van der Waals surface area contributed by atoms with Crippen LogP contribution in [-0.2, 0) is 6.54 Å². The lowest BCUT2D eigenvalue weighted by molar-refractivity contribution is 0.320. The summed E-state index contributed by atoms with van der Waals surface area (Å²) in [4.78, 5) is 1.19. The van der Waals surface area contributed by atoms with E-state index in [2.05, 4.69) is 17.4 Å². The molecule has 0 saturated carbocycles. The molecule has 2 aromatic carbocycles. The predicted molar refractivity (Wildman–Crippen MR) is 81.8 cm³/mol. The zero-order valence-electron chi connectivity index (χ0n) is 11.4. The molecule has 0 atom stereocenters. The highest BCUT2D eigenvalue weighted by molar-refractivity contribution is 7.99. The molecule has 0 saturated heterocycles. The molecule has 0 aromatic heterocycles. The average molecular weight is 291 g/mol. The summed E-state index contributed by atoms with van der Waals surface area (Å²) in [6.07, 6.45) is 0. The van der Waals surface area contributed by atoms with E-state index in [0.717, 1.165) is 11.3 Å². The van der Waals surface area contributed by atoms with Crippen LogP contribution in [0.4, 0.5) is 4.39 Å². The van der Waals surface area contributed by atoms with Crippen molar-refractivity contribution in [2.24, 2.45) is 0 Å². The van der Waals surface area contributed by atoms with Crippen molar-refractivity contribution in [3.63, 3.8) is 0 Å². The molecule has 0 spiro atoms. The second kappa shape index (κ2) is 7.92. The topological polar surface area (TPSA) is 21.3 Å². The zero-order valence-corrected chi connectivity index (χ0v) is 12.3. The zero-order chi connectivity index (χ0) is 14.2. The Labute approximate surface area is 123 Å². The van der Waals surface area contributed by atoms with Gasteiger partial charge >= 0.3 is 0 Å². The lowest BCUT2D eigenvalue weighted by atomic mass is 10.2. The molecular weight excluding hydrogens is 273 g/mol. The summed E-state index contributed by atoms with van der Waals surface area (Å²) in [5, 5.41) is 3.02. The van der Waals surface area contributed by atoms with Gasteiger partial charge in [0.1, 0.15) is 0 Å². The van der Waals surface area contributed by atoms with Crippen LogP contribution < -0.4 is 10.1 Å². The average Bonchev–Trinajstić information content (AvgIpc) is 2.47. The standard InChI is InChI=1S/C16H18FNOS/c1-18-12-13-6-5-9-15(17)16(13)19-10-11-20-14-7-3-2-4-8-14/h2-9,18H,10-12H2,1H3. The quantitative estimate of drug-likeness (QED) is 0.620. The Morgan fingerprint density at radius 2 is 1.90 bits per heavy atom. The highest BCUT2D eigenvalue weighted by atomic mass is 32.2. The monoisotopic (exact) mass is 291 g/mol. The molecule has 2 rings (SSSR count). The molecule has 0 fully saturated rings. The number of benzene rings is 2. The number of thioether (sulfide) groups is 1. The second-order valence-corrected chi connectivity index (χ2v) is 5.44. The van der Waals surface area contributed by atoms with Gasteiger partial charge in [-0.15, -0.1) is 11.8 Å². The Hall–Kier alpha value is -1.52. The van der Waals surface area contributed by atoms with E-state index in [1.54, 1.807) is 17.8 Å². The van der Waals surface area contributed by atoms with E-state index in [-0.39, 0.29) is 5.82 Å². The fraction of sp³-hybridized carbons (Fsp3) is 0.250. The van der Waals surface area contributed by atoms with E-state index >= 15 is 0 Å². The van der Waals surface area contributed by atoms with Crippen LogP contribution in [-0.4, -0.2) is 19.4 Å². The number of hydrogen-bond acceptors (Lipinski definition) is 3. The van der Waals surface area contributed by atoms with E-state index in [1.165, 1.54) is 11.0 Å². The Bertz CT molecular complexity index is 533. The minimum atomic E-state index is -0.303. The molecule has 2 nitrogen and oxygen atoms in total. The smallest absolute Gasteiger partial charge is 0.165 e. The highest BCUT2D eigenvalue weighted by Crippen LogP contribution is 2.23. The number of nitrogens with one attached hydrogen (secondary N) is 1. The molecule has 0 bridgehead atoms. The number of rotatable bonds is 7. The third-order valence-corrected chi connectivity index (χ3v) is 3.73. The van der Waals surface area contributed by atoms with Crippen LogP contribution in [0.2, 0.25) is 0 Å². The van der Waals surface area contributed by atoms with Crippen LogP contribution in [0.1, 0.15) is 5.56 Å². The summed E-state index contributed by atoms with van der Waals surface area (Å²) in [6.45, 7) is 1.08. The van der Waals surface area contributed by atoms with Crippen molar-refractivity contribution in [2.45, 2.75) is 11.4 Å². The normalized spacial score (nSPS) is 10.5. The second-order valence-electron chi connectivity index (χ2n) is 4.27. The van der Waals surface area contributed by atoms with Crippen molar-refractivity contribution in [3.05, 3.63) is 59.9 Å². The maximum Gasteiger partial charge on any atom is 0.165 e. The van der Waals surface area contributed by atoms with Gasteiger partial charge in [0.15, 0.2) is 11.6 Å². The lowest BCUT2D eigenvalue weighted by Crippen LogP contribution is -2.10. The van der Waals surface area contributed by atoms with Gasteiger partial charge in [-0.2, -0.15) is 0 Å². The molecule has 0 aliphatic rings. The molecule has 0 radical (unpaired) electrons. The molecule has 0 aliphatic carbocycles. The van der Waals surface area contributed by atoms with Crippen molar-refractivity contribution in [3.8, 4) is 5.75 Å². The molecule has 1 N–H and O–H groups in total.